The number of nitro groups is 1. The normalized spacial score (nSPS) is 7.50. The first-order chi connectivity index (χ1) is 7.65. The van der Waals surface area contributed by atoms with Crippen molar-refractivity contribution in [2.75, 3.05) is 7.11 Å². The van der Waals surface area contributed by atoms with Crippen LogP contribution in [-0.2, 0) is 4.79 Å². The lowest BCUT2D eigenvalue weighted by molar-refractivity contribution is -0.384. The maximum absolute atomic E-state index is 10.2. The third-order valence-corrected chi connectivity index (χ3v) is 1.28. The molecule has 0 fully saturated rings. The van der Waals surface area contributed by atoms with Gasteiger partial charge in [0.1, 0.15) is 5.75 Å². The van der Waals surface area contributed by atoms with Gasteiger partial charge in [-0.15, -0.1) is 0 Å². The molecule has 0 radical (unpaired) electrons. The monoisotopic (exact) mass is 247 g/mol. The molecule has 0 amide bonds. The molecule has 0 saturated carbocycles. The summed E-state index contributed by atoms with van der Waals surface area (Å²) in [5, 5.41) is 10.2. The summed E-state index contributed by atoms with van der Waals surface area (Å²) in [5.74, 6) is 0.843. The van der Waals surface area contributed by atoms with E-state index in [9.17, 15) is 10.1 Å². The van der Waals surface area contributed by atoms with Crippen LogP contribution >= 0.6 is 11.6 Å². The molecule has 16 heavy (non-hydrogen) atoms. The van der Waals surface area contributed by atoms with Gasteiger partial charge in [0.05, 0.1) is 12.0 Å². The highest BCUT2D eigenvalue weighted by atomic mass is 35.5. The van der Waals surface area contributed by atoms with E-state index in [0.29, 0.717) is 5.75 Å². The highest BCUT2D eigenvalue weighted by molar-refractivity contribution is 6.54. The summed E-state index contributed by atoms with van der Waals surface area (Å²) in [6.07, 6.45) is 0. The van der Waals surface area contributed by atoms with Gasteiger partial charge >= 0.3 is 0 Å². The zero-order chi connectivity index (χ0) is 13.0. The van der Waals surface area contributed by atoms with Gasteiger partial charge in [0, 0.05) is 12.1 Å². The number of carbonyl (C=O) groups excluding carboxylic acids is 1. The lowest BCUT2D eigenvalue weighted by Gasteiger charge is -1.96. The Bertz CT molecular complexity index is 300. The van der Waals surface area contributed by atoms with Crippen LogP contribution < -0.4 is 4.74 Å². The number of carbonyl (C=O) groups is 1. The Morgan fingerprint density at radius 1 is 1.31 bits per heavy atom. The van der Waals surface area contributed by atoms with E-state index in [4.69, 9.17) is 9.53 Å². The zero-order valence-electron chi connectivity index (χ0n) is 9.34. The average Bonchev–Trinajstić information content (AvgIpc) is 2.33. The van der Waals surface area contributed by atoms with Crippen LogP contribution in [0.15, 0.2) is 24.3 Å². The molecule has 0 aliphatic carbocycles. The zero-order valence-corrected chi connectivity index (χ0v) is 10.1. The van der Waals surface area contributed by atoms with E-state index in [0.717, 1.165) is 0 Å². The van der Waals surface area contributed by atoms with Gasteiger partial charge < -0.3 is 4.74 Å². The average molecular weight is 248 g/mol. The molecule has 1 rings (SSSR count). The number of hydrogen-bond acceptors (Lipinski definition) is 4. The number of nitro benzene ring substituents is 1. The molecule has 0 bridgehead atoms. The van der Waals surface area contributed by atoms with Gasteiger partial charge in [-0.3, -0.25) is 14.9 Å². The molecule has 5 nitrogen and oxygen atoms in total. The second-order valence-corrected chi connectivity index (χ2v) is 2.22. The van der Waals surface area contributed by atoms with E-state index in [-0.39, 0.29) is 11.4 Å². The van der Waals surface area contributed by atoms with Crippen LogP contribution in [0.3, 0.4) is 0 Å². The molecular formula is C10H14ClNO4. The van der Waals surface area contributed by atoms with Gasteiger partial charge in [-0.1, -0.05) is 13.8 Å². The standard InChI is InChI=1S/C7H7NO3.C2H6.CHClO/c1-11-7-4-2-6(3-5-7)8(9)10;1-2;2-1-3/h2-5H,1H3;1-2H3;1H. The summed E-state index contributed by atoms with van der Waals surface area (Å²) >= 11 is 4.32. The van der Waals surface area contributed by atoms with Crippen LogP contribution in [0.2, 0.25) is 0 Å². The molecule has 0 spiro atoms. The number of non-ortho nitro benzene ring substituents is 1. The quantitative estimate of drug-likeness (QED) is 0.349. The number of benzene rings is 1. The summed E-state index contributed by atoms with van der Waals surface area (Å²) in [4.78, 5) is 18.3. The minimum Gasteiger partial charge on any atom is -0.497 e. The molecular weight excluding hydrogens is 234 g/mol. The van der Waals surface area contributed by atoms with Gasteiger partial charge in [-0.25, -0.2) is 0 Å². The predicted molar refractivity (Wildman–Crippen MR) is 63.6 cm³/mol. The fourth-order valence-corrected chi connectivity index (χ4v) is 0.704. The summed E-state index contributed by atoms with van der Waals surface area (Å²) in [6, 6.07) is 5.91. The molecule has 0 saturated heterocycles. The summed E-state index contributed by atoms with van der Waals surface area (Å²) in [5.41, 5.74) is 0.0748. The molecule has 0 aliphatic heterocycles. The van der Waals surface area contributed by atoms with Crippen molar-refractivity contribution < 1.29 is 14.5 Å². The second kappa shape index (κ2) is 11.5. The minimum atomic E-state index is -0.445. The highest BCUT2D eigenvalue weighted by Crippen LogP contribution is 2.16. The molecule has 0 heterocycles. The van der Waals surface area contributed by atoms with Crippen molar-refractivity contribution in [3.05, 3.63) is 34.4 Å². The van der Waals surface area contributed by atoms with E-state index >= 15 is 0 Å². The molecule has 1 aromatic carbocycles. The first-order valence-corrected chi connectivity index (χ1v) is 4.91. The smallest absolute Gasteiger partial charge is 0.269 e. The van der Waals surface area contributed by atoms with E-state index in [1.807, 2.05) is 13.8 Å². The highest BCUT2D eigenvalue weighted by Gasteiger charge is 2.02. The van der Waals surface area contributed by atoms with Crippen LogP contribution in [0.25, 0.3) is 0 Å². The first-order valence-electron chi connectivity index (χ1n) is 4.48. The predicted octanol–water partition coefficient (Wildman–Crippen LogP) is 3.05. The number of methoxy groups -OCH3 is 1. The largest absolute Gasteiger partial charge is 0.497 e. The summed E-state index contributed by atoms with van der Waals surface area (Å²) in [7, 11) is 1.52. The number of rotatable bonds is 2. The van der Waals surface area contributed by atoms with Crippen molar-refractivity contribution in [2.45, 2.75) is 13.8 Å². The maximum Gasteiger partial charge on any atom is 0.269 e. The molecule has 0 aromatic heterocycles. The van der Waals surface area contributed by atoms with Crippen molar-refractivity contribution in [1.29, 1.82) is 0 Å². The fraction of sp³-hybridized carbons (Fsp3) is 0.300. The molecule has 90 valence electrons. The lowest BCUT2D eigenvalue weighted by atomic mass is 10.3. The van der Waals surface area contributed by atoms with Crippen molar-refractivity contribution in [3.8, 4) is 5.75 Å². The Morgan fingerprint density at radius 2 is 1.69 bits per heavy atom. The summed E-state index contributed by atoms with van der Waals surface area (Å²) in [6.45, 7) is 4.00. The van der Waals surface area contributed by atoms with Crippen molar-refractivity contribution in [3.63, 3.8) is 0 Å². The molecule has 1 aromatic rings. The maximum atomic E-state index is 10.2. The van der Waals surface area contributed by atoms with E-state index in [1.54, 1.807) is 12.1 Å². The van der Waals surface area contributed by atoms with Crippen molar-refractivity contribution in [1.82, 2.24) is 0 Å². The van der Waals surface area contributed by atoms with Crippen LogP contribution in [0.1, 0.15) is 13.8 Å². The summed E-state index contributed by atoms with van der Waals surface area (Å²) < 4.78 is 4.83. The Hall–Kier alpha value is -1.62. The van der Waals surface area contributed by atoms with E-state index in [2.05, 4.69) is 11.6 Å². The minimum absolute atomic E-state index is 0.0748. The van der Waals surface area contributed by atoms with Crippen LogP contribution in [0, 0.1) is 10.1 Å². The molecule has 0 atom stereocenters. The molecule has 0 N–H and O–H groups in total. The van der Waals surface area contributed by atoms with E-state index < -0.39 is 4.92 Å². The van der Waals surface area contributed by atoms with Gasteiger partial charge in [0.15, 0.2) is 0 Å². The van der Waals surface area contributed by atoms with Crippen molar-refractivity contribution in [2.24, 2.45) is 0 Å². The SMILES string of the molecule is CC.COc1ccc([N+](=O)[O-])cc1.O=CCl. The Kier molecular flexibility index (Phi) is 12.0. The Morgan fingerprint density at radius 3 is 1.94 bits per heavy atom. The number of halogens is 1. The third-order valence-electron chi connectivity index (χ3n) is 1.28. The Labute approximate surface area is 99.1 Å². The topological polar surface area (TPSA) is 69.4 Å². The molecule has 6 heteroatoms. The third kappa shape index (κ3) is 7.75. The first kappa shape index (κ1) is 16.8. The Balaban J connectivity index is 0. The van der Waals surface area contributed by atoms with Crippen LogP contribution in [0.5, 0.6) is 5.75 Å². The van der Waals surface area contributed by atoms with Crippen LogP contribution in [-0.4, -0.2) is 17.8 Å². The molecule has 0 unspecified atom stereocenters. The van der Waals surface area contributed by atoms with Gasteiger partial charge in [-0.05, 0) is 23.7 Å². The second-order valence-electron chi connectivity index (χ2n) is 2.04. The van der Waals surface area contributed by atoms with Gasteiger partial charge in [0.25, 0.3) is 5.69 Å². The van der Waals surface area contributed by atoms with E-state index in [1.165, 1.54) is 19.2 Å². The lowest BCUT2D eigenvalue weighted by Crippen LogP contribution is -1.87. The fourth-order valence-electron chi connectivity index (χ4n) is 0.704. The number of nitrogens with zero attached hydrogens (tertiary/aromatic N) is 1. The molecule has 0 aliphatic rings. The number of hydrogen-bond donors (Lipinski definition) is 0. The van der Waals surface area contributed by atoms with Gasteiger partial charge in [0.2, 0.25) is 5.75 Å². The van der Waals surface area contributed by atoms with Crippen molar-refractivity contribution >= 4 is 23.0 Å². The van der Waals surface area contributed by atoms with Gasteiger partial charge in [-0.2, -0.15) is 0 Å². The van der Waals surface area contributed by atoms with Crippen LogP contribution in [0.4, 0.5) is 5.69 Å². The number of ether oxygens (including phenoxy) is 1.